The van der Waals surface area contributed by atoms with E-state index in [1.807, 2.05) is 61.0 Å². The van der Waals surface area contributed by atoms with Gasteiger partial charge in [-0.25, -0.2) is 0 Å². The zero-order chi connectivity index (χ0) is 26.2. The molecule has 0 aromatic heterocycles. The lowest BCUT2D eigenvalue weighted by Crippen LogP contribution is -2.50. The standard InChI is InChI=1S/C28H35Cl3N4O/c1-5-32(19-21(4)28(36)34(6-2)7-3)14-15-33-16-17-35(26-13-12-24(30)18-25(26)31)27(20-33)22-8-10-23(29)11-9-22/h5,8-13,18-19,27H,1,6-7,14-17,20H2,2-4H3/b21-19+/t27-/m0/s1. The van der Waals surface area contributed by atoms with Crippen LogP contribution < -0.4 is 4.90 Å². The molecule has 0 unspecified atom stereocenters. The number of carbonyl (C=O) groups excluding carboxylic acids is 1. The van der Waals surface area contributed by atoms with Crippen molar-refractivity contribution in [2.24, 2.45) is 0 Å². The van der Waals surface area contributed by atoms with Gasteiger partial charge in [-0.1, -0.05) is 53.5 Å². The van der Waals surface area contributed by atoms with E-state index in [0.717, 1.165) is 38.4 Å². The van der Waals surface area contributed by atoms with Crippen LogP contribution in [-0.2, 0) is 4.79 Å². The van der Waals surface area contributed by atoms with Crippen molar-refractivity contribution in [1.29, 1.82) is 0 Å². The van der Waals surface area contributed by atoms with Gasteiger partial charge in [-0.05, 0) is 62.9 Å². The van der Waals surface area contributed by atoms with E-state index in [1.54, 1.807) is 12.3 Å². The second kappa shape index (κ2) is 13.4. The van der Waals surface area contributed by atoms with Crippen LogP contribution in [0.2, 0.25) is 15.1 Å². The number of hydrogen-bond acceptors (Lipinski definition) is 4. The minimum Gasteiger partial charge on any atom is -0.361 e. The maximum Gasteiger partial charge on any atom is 0.250 e. The lowest BCUT2D eigenvalue weighted by molar-refractivity contribution is -0.126. The lowest BCUT2D eigenvalue weighted by atomic mass is 10.0. The van der Waals surface area contributed by atoms with Crippen LogP contribution in [0.4, 0.5) is 5.69 Å². The number of carbonyl (C=O) groups is 1. The molecule has 8 heteroatoms. The average molecular weight is 550 g/mol. The minimum absolute atomic E-state index is 0.0584. The van der Waals surface area contributed by atoms with Crippen LogP contribution in [0.15, 0.2) is 67.0 Å². The summed E-state index contributed by atoms with van der Waals surface area (Å²) in [4.78, 5) is 21.3. The number of hydrogen-bond donors (Lipinski definition) is 0. The van der Waals surface area contributed by atoms with Gasteiger partial charge in [0.25, 0.3) is 5.91 Å². The summed E-state index contributed by atoms with van der Waals surface area (Å²) in [5.41, 5.74) is 2.86. The average Bonchev–Trinajstić information content (AvgIpc) is 2.87. The number of likely N-dealkylation sites (N-methyl/N-ethyl adjacent to an activating group) is 1. The van der Waals surface area contributed by atoms with Gasteiger partial charge >= 0.3 is 0 Å². The largest absolute Gasteiger partial charge is 0.361 e. The smallest absolute Gasteiger partial charge is 0.250 e. The Bertz CT molecular complexity index is 1070. The number of anilines is 1. The molecule has 0 saturated carbocycles. The molecule has 1 fully saturated rings. The Kier molecular flexibility index (Phi) is 10.6. The number of rotatable bonds is 10. The molecule has 1 amide bonds. The van der Waals surface area contributed by atoms with Crippen LogP contribution in [0.3, 0.4) is 0 Å². The van der Waals surface area contributed by atoms with Crippen molar-refractivity contribution in [1.82, 2.24) is 14.7 Å². The minimum atomic E-state index is 0.0584. The maximum absolute atomic E-state index is 12.7. The fourth-order valence-electron chi connectivity index (χ4n) is 4.54. The summed E-state index contributed by atoms with van der Waals surface area (Å²) in [6.07, 6.45) is 3.67. The second-order valence-electron chi connectivity index (χ2n) is 8.87. The molecule has 194 valence electrons. The van der Waals surface area contributed by atoms with Gasteiger partial charge in [0, 0.05) is 67.6 Å². The molecule has 36 heavy (non-hydrogen) atoms. The summed E-state index contributed by atoms with van der Waals surface area (Å²) in [5, 5.41) is 1.98. The Morgan fingerprint density at radius 2 is 1.72 bits per heavy atom. The topological polar surface area (TPSA) is 30.0 Å². The highest BCUT2D eigenvalue weighted by Gasteiger charge is 2.29. The predicted molar refractivity (Wildman–Crippen MR) is 153 cm³/mol. The monoisotopic (exact) mass is 548 g/mol. The number of piperazine rings is 1. The summed E-state index contributed by atoms with van der Waals surface area (Å²) >= 11 is 18.9. The molecule has 0 N–H and O–H groups in total. The van der Waals surface area contributed by atoms with Gasteiger partial charge in [-0.15, -0.1) is 0 Å². The third-order valence-electron chi connectivity index (χ3n) is 6.59. The van der Waals surface area contributed by atoms with Crippen LogP contribution in [-0.4, -0.2) is 66.4 Å². The zero-order valence-electron chi connectivity index (χ0n) is 21.3. The highest BCUT2D eigenvalue weighted by Crippen LogP contribution is 2.36. The Morgan fingerprint density at radius 1 is 1.06 bits per heavy atom. The summed E-state index contributed by atoms with van der Waals surface area (Å²) in [6.45, 7) is 15.3. The second-order valence-corrected chi connectivity index (χ2v) is 10.1. The van der Waals surface area contributed by atoms with E-state index in [9.17, 15) is 4.79 Å². The van der Waals surface area contributed by atoms with Crippen LogP contribution in [0.1, 0.15) is 32.4 Å². The number of halogens is 3. The van der Waals surface area contributed by atoms with Crippen LogP contribution in [0.5, 0.6) is 0 Å². The van der Waals surface area contributed by atoms with E-state index in [1.165, 1.54) is 5.56 Å². The summed E-state index contributed by atoms with van der Waals surface area (Å²) in [5.74, 6) is 0.0584. The van der Waals surface area contributed by atoms with Gasteiger partial charge in [0.05, 0.1) is 16.8 Å². The zero-order valence-corrected chi connectivity index (χ0v) is 23.5. The first-order chi connectivity index (χ1) is 17.3. The Hall–Kier alpha value is -2.18. The molecule has 2 aromatic carbocycles. The quantitative estimate of drug-likeness (QED) is 0.308. The number of benzene rings is 2. The summed E-state index contributed by atoms with van der Waals surface area (Å²) in [6, 6.07) is 13.8. The molecule has 1 atom stereocenters. The summed E-state index contributed by atoms with van der Waals surface area (Å²) < 4.78 is 0. The molecular formula is C28H35Cl3N4O. The molecule has 0 aliphatic carbocycles. The molecule has 2 aromatic rings. The normalized spacial score (nSPS) is 16.7. The predicted octanol–water partition coefficient (Wildman–Crippen LogP) is 6.73. The number of amides is 1. The van der Waals surface area contributed by atoms with E-state index < -0.39 is 0 Å². The first kappa shape index (κ1) is 28.4. The molecular weight excluding hydrogens is 515 g/mol. The van der Waals surface area contributed by atoms with Crippen molar-refractivity contribution in [2.45, 2.75) is 26.8 Å². The van der Waals surface area contributed by atoms with Crippen molar-refractivity contribution in [3.63, 3.8) is 0 Å². The maximum atomic E-state index is 12.7. The first-order valence-corrected chi connectivity index (χ1v) is 13.5. The lowest BCUT2D eigenvalue weighted by Gasteiger charge is -2.43. The first-order valence-electron chi connectivity index (χ1n) is 12.3. The van der Waals surface area contributed by atoms with Gasteiger partial charge in [-0.3, -0.25) is 9.69 Å². The fourth-order valence-corrected chi connectivity index (χ4v) is 5.19. The molecule has 5 nitrogen and oxygen atoms in total. The van der Waals surface area contributed by atoms with E-state index in [0.29, 0.717) is 33.7 Å². The molecule has 0 radical (unpaired) electrons. The van der Waals surface area contributed by atoms with Gasteiger partial charge < -0.3 is 14.7 Å². The summed E-state index contributed by atoms with van der Waals surface area (Å²) in [7, 11) is 0. The Labute approximate surface area is 230 Å². The van der Waals surface area contributed by atoms with Crippen LogP contribution in [0.25, 0.3) is 0 Å². The van der Waals surface area contributed by atoms with E-state index in [2.05, 4.69) is 28.5 Å². The molecule has 1 saturated heterocycles. The number of nitrogens with zero attached hydrogens (tertiary/aromatic N) is 4. The van der Waals surface area contributed by atoms with Crippen LogP contribution in [0, 0.1) is 0 Å². The highest BCUT2D eigenvalue weighted by molar-refractivity contribution is 6.36. The molecule has 0 spiro atoms. The van der Waals surface area contributed by atoms with Gasteiger partial charge in [0.15, 0.2) is 0 Å². The van der Waals surface area contributed by atoms with Crippen molar-refractivity contribution in [3.8, 4) is 0 Å². The van der Waals surface area contributed by atoms with Crippen molar-refractivity contribution < 1.29 is 4.79 Å². The Balaban J connectivity index is 1.74. The Morgan fingerprint density at radius 3 is 2.33 bits per heavy atom. The molecule has 1 aliphatic rings. The molecule has 1 aliphatic heterocycles. The van der Waals surface area contributed by atoms with Crippen LogP contribution >= 0.6 is 34.8 Å². The third kappa shape index (κ3) is 7.19. The SMILES string of the molecule is C=CN(/C=C(\C)C(=O)N(CC)CC)CCN1CCN(c2ccc(Cl)cc2Cl)[C@H](c2ccc(Cl)cc2)C1. The van der Waals surface area contributed by atoms with Crippen molar-refractivity contribution in [3.05, 3.63) is 87.6 Å². The molecule has 0 bridgehead atoms. The highest BCUT2D eigenvalue weighted by atomic mass is 35.5. The van der Waals surface area contributed by atoms with Crippen molar-refractivity contribution in [2.75, 3.05) is 50.7 Å². The van der Waals surface area contributed by atoms with E-state index in [-0.39, 0.29) is 11.9 Å². The van der Waals surface area contributed by atoms with Gasteiger partial charge in [0.2, 0.25) is 0 Å². The van der Waals surface area contributed by atoms with E-state index >= 15 is 0 Å². The third-order valence-corrected chi connectivity index (χ3v) is 7.38. The molecule has 3 rings (SSSR count). The molecule has 1 heterocycles. The van der Waals surface area contributed by atoms with Gasteiger partial charge in [0.1, 0.15) is 0 Å². The van der Waals surface area contributed by atoms with Crippen molar-refractivity contribution >= 4 is 46.4 Å². The fraction of sp³-hybridized carbons (Fsp3) is 0.393. The van der Waals surface area contributed by atoms with Gasteiger partial charge in [-0.2, -0.15) is 0 Å². The van der Waals surface area contributed by atoms with E-state index in [4.69, 9.17) is 34.8 Å².